The molecule has 0 aliphatic rings. The Morgan fingerprint density at radius 3 is 2.73 bits per heavy atom. The third-order valence-corrected chi connectivity index (χ3v) is 1.94. The molecule has 0 aromatic heterocycles. The number of anilines is 2. The number of nitrogens with one attached hydrogen (secondary N) is 2. The molecule has 4 nitrogen and oxygen atoms in total. The van der Waals surface area contributed by atoms with Crippen LogP contribution in [-0.4, -0.2) is 24.8 Å². The molecule has 1 rings (SSSR count). The van der Waals surface area contributed by atoms with E-state index in [0.717, 1.165) is 17.9 Å². The van der Waals surface area contributed by atoms with Gasteiger partial charge in [0, 0.05) is 13.1 Å². The first kappa shape index (κ1) is 11.3. The van der Waals surface area contributed by atoms with Crippen molar-refractivity contribution in [1.29, 1.82) is 5.26 Å². The van der Waals surface area contributed by atoms with Crippen molar-refractivity contribution in [3.63, 3.8) is 0 Å². The van der Waals surface area contributed by atoms with E-state index >= 15 is 0 Å². The Balaban J connectivity index is 2.90. The van der Waals surface area contributed by atoms with Gasteiger partial charge < -0.3 is 15.7 Å². The Labute approximate surface area is 89.5 Å². The molecule has 0 saturated heterocycles. The van der Waals surface area contributed by atoms with E-state index in [1.807, 2.05) is 13.0 Å². The maximum Gasteiger partial charge on any atom is 0.0992 e. The number of rotatable bonds is 5. The van der Waals surface area contributed by atoms with Crippen LogP contribution >= 0.6 is 0 Å². The molecule has 3 N–H and O–H groups in total. The summed E-state index contributed by atoms with van der Waals surface area (Å²) in [5.41, 5.74) is 2.41. The standard InChI is InChI=1S/C11H15N3O/c1-2-13-10-4-3-9(8-12)7-11(10)14-5-6-15/h3-4,7,13-15H,2,5-6H2,1H3. The Morgan fingerprint density at radius 2 is 2.13 bits per heavy atom. The Hall–Kier alpha value is -1.73. The van der Waals surface area contributed by atoms with Gasteiger partial charge in [-0.05, 0) is 25.1 Å². The van der Waals surface area contributed by atoms with Crippen LogP contribution in [0.25, 0.3) is 0 Å². The van der Waals surface area contributed by atoms with Gasteiger partial charge in [0.05, 0.1) is 29.6 Å². The monoisotopic (exact) mass is 205 g/mol. The van der Waals surface area contributed by atoms with Gasteiger partial charge in [-0.2, -0.15) is 5.26 Å². The average molecular weight is 205 g/mol. The Kier molecular flexibility index (Phi) is 4.45. The third kappa shape index (κ3) is 3.15. The number of nitrogens with zero attached hydrogens (tertiary/aromatic N) is 1. The lowest BCUT2D eigenvalue weighted by molar-refractivity contribution is 0.311. The minimum atomic E-state index is 0.0718. The lowest BCUT2D eigenvalue weighted by Gasteiger charge is -2.12. The molecule has 1 aromatic rings. The van der Waals surface area contributed by atoms with Crippen molar-refractivity contribution in [3.8, 4) is 6.07 Å². The summed E-state index contributed by atoms with van der Waals surface area (Å²) in [5, 5.41) is 23.7. The number of aliphatic hydroxyl groups is 1. The fourth-order valence-electron chi connectivity index (χ4n) is 1.30. The van der Waals surface area contributed by atoms with E-state index in [9.17, 15) is 0 Å². The van der Waals surface area contributed by atoms with Crippen molar-refractivity contribution in [2.75, 3.05) is 30.3 Å². The van der Waals surface area contributed by atoms with E-state index in [4.69, 9.17) is 10.4 Å². The first-order valence-corrected chi connectivity index (χ1v) is 4.94. The molecule has 1 aromatic carbocycles. The van der Waals surface area contributed by atoms with Crippen LogP contribution in [0.4, 0.5) is 11.4 Å². The average Bonchev–Trinajstić information content (AvgIpc) is 2.28. The topological polar surface area (TPSA) is 68.1 Å². The highest BCUT2D eigenvalue weighted by atomic mass is 16.3. The van der Waals surface area contributed by atoms with Crippen molar-refractivity contribution in [2.45, 2.75) is 6.92 Å². The van der Waals surface area contributed by atoms with Gasteiger partial charge >= 0.3 is 0 Å². The highest BCUT2D eigenvalue weighted by molar-refractivity contribution is 5.70. The number of hydrogen-bond donors (Lipinski definition) is 3. The van der Waals surface area contributed by atoms with E-state index in [1.165, 1.54) is 0 Å². The molecule has 0 spiro atoms. The first-order chi connectivity index (χ1) is 7.31. The highest BCUT2D eigenvalue weighted by Crippen LogP contribution is 2.22. The van der Waals surface area contributed by atoms with Crippen molar-refractivity contribution < 1.29 is 5.11 Å². The molecule has 0 fully saturated rings. The van der Waals surface area contributed by atoms with E-state index in [2.05, 4.69) is 16.7 Å². The summed E-state index contributed by atoms with van der Waals surface area (Å²) in [5.74, 6) is 0. The molecule has 80 valence electrons. The second-order valence-electron chi connectivity index (χ2n) is 3.05. The zero-order chi connectivity index (χ0) is 11.1. The number of benzene rings is 1. The molecular formula is C11H15N3O. The predicted octanol–water partition coefficient (Wildman–Crippen LogP) is 1.39. The molecule has 0 aliphatic heterocycles. The van der Waals surface area contributed by atoms with Crippen LogP contribution in [0, 0.1) is 11.3 Å². The van der Waals surface area contributed by atoms with Crippen molar-refractivity contribution >= 4 is 11.4 Å². The Bertz CT molecular complexity index is 357. The summed E-state index contributed by atoms with van der Waals surface area (Å²) in [6.07, 6.45) is 0. The summed E-state index contributed by atoms with van der Waals surface area (Å²) in [7, 11) is 0. The van der Waals surface area contributed by atoms with E-state index in [0.29, 0.717) is 12.1 Å². The maximum atomic E-state index is 8.76. The van der Waals surface area contributed by atoms with E-state index < -0.39 is 0 Å². The van der Waals surface area contributed by atoms with Crippen LogP contribution in [0.2, 0.25) is 0 Å². The molecule has 0 bridgehead atoms. The molecule has 0 radical (unpaired) electrons. The van der Waals surface area contributed by atoms with Gasteiger partial charge in [0.15, 0.2) is 0 Å². The molecule has 0 unspecified atom stereocenters. The van der Waals surface area contributed by atoms with Gasteiger partial charge in [-0.3, -0.25) is 0 Å². The molecule has 4 heteroatoms. The normalized spacial score (nSPS) is 9.40. The van der Waals surface area contributed by atoms with Crippen molar-refractivity contribution in [3.05, 3.63) is 23.8 Å². The van der Waals surface area contributed by atoms with Crippen LogP contribution in [0.5, 0.6) is 0 Å². The van der Waals surface area contributed by atoms with E-state index in [-0.39, 0.29) is 6.61 Å². The maximum absolute atomic E-state index is 8.76. The molecule has 15 heavy (non-hydrogen) atoms. The fraction of sp³-hybridized carbons (Fsp3) is 0.364. The predicted molar refractivity (Wildman–Crippen MR) is 60.9 cm³/mol. The third-order valence-electron chi connectivity index (χ3n) is 1.94. The fourth-order valence-corrected chi connectivity index (χ4v) is 1.30. The van der Waals surface area contributed by atoms with Gasteiger partial charge in [0.25, 0.3) is 0 Å². The molecule has 0 atom stereocenters. The molecule has 0 amide bonds. The Morgan fingerprint density at radius 1 is 1.33 bits per heavy atom. The number of aliphatic hydroxyl groups excluding tert-OH is 1. The van der Waals surface area contributed by atoms with Gasteiger partial charge in [0.1, 0.15) is 0 Å². The van der Waals surface area contributed by atoms with Crippen LogP contribution in [0.1, 0.15) is 12.5 Å². The van der Waals surface area contributed by atoms with Gasteiger partial charge in [-0.25, -0.2) is 0 Å². The molecule has 0 heterocycles. The highest BCUT2D eigenvalue weighted by Gasteiger charge is 2.02. The van der Waals surface area contributed by atoms with Crippen molar-refractivity contribution in [2.24, 2.45) is 0 Å². The van der Waals surface area contributed by atoms with Crippen LogP contribution in [0.3, 0.4) is 0 Å². The second kappa shape index (κ2) is 5.89. The first-order valence-electron chi connectivity index (χ1n) is 4.94. The minimum absolute atomic E-state index is 0.0718. The van der Waals surface area contributed by atoms with Gasteiger partial charge in [-0.1, -0.05) is 0 Å². The smallest absolute Gasteiger partial charge is 0.0992 e. The van der Waals surface area contributed by atoms with Gasteiger partial charge in [0.2, 0.25) is 0 Å². The largest absolute Gasteiger partial charge is 0.395 e. The molecular weight excluding hydrogens is 190 g/mol. The van der Waals surface area contributed by atoms with Crippen molar-refractivity contribution in [1.82, 2.24) is 0 Å². The lowest BCUT2D eigenvalue weighted by atomic mass is 10.2. The summed E-state index contributed by atoms with van der Waals surface area (Å²) >= 11 is 0. The van der Waals surface area contributed by atoms with Crippen LogP contribution in [0.15, 0.2) is 18.2 Å². The SMILES string of the molecule is CCNc1ccc(C#N)cc1NCCO. The quantitative estimate of drug-likeness (QED) is 0.679. The number of nitriles is 1. The summed E-state index contributed by atoms with van der Waals surface area (Å²) in [4.78, 5) is 0. The molecule has 0 saturated carbocycles. The lowest BCUT2D eigenvalue weighted by Crippen LogP contribution is -2.08. The zero-order valence-corrected chi connectivity index (χ0v) is 8.75. The number of hydrogen-bond acceptors (Lipinski definition) is 4. The summed E-state index contributed by atoms with van der Waals surface area (Å²) in [6, 6.07) is 7.48. The van der Waals surface area contributed by atoms with Crippen LogP contribution in [-0.2, 0) is 0 Å². The van der Waals surface area contributed by atoms with Crippen LogP contribution < -0.4 is 10.6 Å². The summed E-state index contributed by atoms with van der Waals surface area (Å²) < 4.78 is 0. The molecule has 0 aliphatic carbocycles. The second-order valence-corrected chi connectivity index (χ2v) is 3.05. The van der Waals surface area contributed by atoms with Gasteiger partial charge in [-0.15, -0.1) is 0 Å². The minimum Gasteiger partial charge on any atom is -0.395 e. The van der Waals surface area contributed by atoms with E-state index in [1.54, 1.807) is 12.1 Å². The zero-order valence-electron chi connectivity index (χ0n) is 8.75. The summed E-state index contributed by atoms with van der Waals surface area (Å²) in [6.45, 7) is 3.38.